The number of sulfonamides is 1. The predicted molar refractivity (Wildman–Crippen MR) is 192 cm³/mol. The average molecular weight is 766 g/mol. The SMILES string of the molecule is CCn1cc(S(=O)(=O)N2CCC3(CC[C@H](N(C[C@H](O)COc4cccc(S(=O)(=O)C(C)C)c4)C(=O)OC(C)(C)C)O3)CC2)c(=O)c2cccc(F)c21. The Kier molecular flexibility index (Phi) is 11.5. The number of aromatic nitrogens is 1. The summed E-state index contributed by atoms with van der Waals surface area (Å²) in [4.78, 5) is 27.8. The number of halogens is 1. The summed E-state index contributed by atoms with van der Waals surface area (Å²) in [5, 5.41) is 10.4. The van der Waals surface area contributed by atoms with Gasteiger partial charge in [-0.05, 0) is 97.6 Å². The molecule has 16 heteroatoms. The van der Waals surface area contributed by atoms with Crippen LogP contribution in [0.4, 0.5) is 9.18 Å². The maximum absolute atomic E-state index is 14.6. The highest BCUT2D eigenvalue weighted by Gasteiger charge is 2.48. The molecule has 3 heterocycles. The number of carbonyl (C=O) groups is 1. The summed E-state index contributed by atoms with van der Waals surface area (Å²) in [5.74, 6) is -0.370. The molecule has 1 amide bonds. The number of rotatable bonds is 11. The van der Waals surface area contributed by atoms with E-state index in [-0.39, 0.29) is 67.2 Å². The molecule has 1 aromatic heterocycles. The van der Waals surface area contributed by atoms with E-state index in [1.165, 1.54) is 50.3 Å². The molecular formula is C36H48FN3O10S2. The number of hydrogen-bond donors (Lipinski definition) is 1. The minimum Gasteiger partial charge on any atom is -0.491 e. The Hall–Kier alpha value is -3.57. The zero-order chi connectivity index (χ0) is 38.2. The summed E-state index contributed by atoms with van der Waals surface area (Å²) in [6.45, 7) is 9.94. The summed E-state index contributed by atoms with van der Waals surface area (Å²) < 4.78 is 88.1. The Morgan fingerprint density at radius 1 is 1.10 bits per heavy atom. The van der Waals surface area contributed by atoms with Gasteiger partial charge in [0.25, 0.3) is 0 Å². The molecule has 0 bridgehead atoms. The zero-order valence-corrected chi connectivity index (χ0v) is 32.0. The maximum Gasteiger partial charge on any atom is 0.412 e. The van der Waals surface area contributed by atoms with E-state index in [2.05, 4.69) is 0 Å². The van der Waals surface area contributed by atoms with Crippen LogP contribution in [0.5, 0.6) is 5.75 Å². The third-order valence-electron chi connectivity index (χ3n) is 9.42. The fourth-order valence-electron chi connectivity index (χ4n) is 6.59. The average Bonchev–Trinajstić information content (AvgIpc) is 3.48. The van der Waals surface area contributed by atoms with Crippen molar-refractivity contribution in [2.45, 2.75) is 112 Å². The first-order valence-electron chi connectivity index (χ1n) is 17.4. The van der Waals surface area contributed by atoms with Crippen molar-refractivity contribution in [2.75, 3.05) is 26.2 Å². The molecule has 2 aliphatic heterocycles. The van der Waals surface area contributed by atoms with Crippen molar-refractivity contribution in [1.29, 1.82) is 0 Å². The fraction of sp³-hybridized carbons (Fsp3) is 0.556. The lowest BCUT2D eigenvalue weighted by Gasteiger charge is -2.39. The van der Waals surface area contributed by atoms with E-state index in [0.717, 1.165) is 0 Å². The minimum atomic E-state index is -4.24. The van der Waals surface area contributed by atoms with Gasteiger partial charge in [-0.1, -0.05) is 12.1 Å². The summed E-state index contributed by atoms with van der Waals surface area (Å²) in [6.07, 6.45) is -0.0238. The quantitative estimate of drug-likeness (QED) is 0.290. The van der Waals surface area contributed by atoms with Crippen LogP contribution < -0.4 is 10.2 Å². The number of aliphatic hydroxyl groups excluding tert-OH is 1. The number of carbonyl (C=O) groups excluding carboxylic acids is 1. The smallest absolute Gasteiger partial charge is 0.412 e. The minimum absolute atomic E-state index is 0.0132. The van der Waals surface area contributed by atoms with Crippen molar-refractivity contribution >= 4 is 36.9 Å². The van der Waals surface area contributed by atoms with Gasteiger partial charge < -0.3 is 23.9 Å². The van der Waals surface area contributed by atoms with Crippen LogP contribution in [0.2, 0.25) is 0 Å². The van der Waals surface area contributed by atoms with Gasteiger partial charge in [0, 0.05) is 25.8 Å². The van der Waals surface area contributed by atoms with E-state index in [0.29, 0.717) is 12.8 Å². The van der Waals surface area contributed by atoms with Crippen LogP contribution in [0.3, 0.4) is 0 Å². The summed E-state index contributed by atoms with van der Waals surface area (Å²) >= 11 is 0. The zero-order valence-electron chi connectivity index (χ0n) is 30.4. The summed E-state index contributed by atoms with van der Waals surface area (Å²) in [7, 11) is -7.79. The number of ether oxygens (including phenoxy) is 3. The van der Waals surface area contributed by atoms with Gasteiger partial charge in [0.2, 0.25) is 15.5 Å². The molecule has 1 N–H and O–H groups in total. The molecule has 0 radical (unpaired) electrons. The van der Waals surface area contributed by atoms with E-state index < -0.39 is 70.9 Å². The molecule has 3 aromatic rings. The van der Waals surface area contributed by atoms with E-state index in [9.17, 15) is 35.9 Å². The number of benzene rings is 2. The van der Waals surface area contributed by atoms with Crippen molar-refractivity contribution in [3.63, 3.8) is 0 Å². The maximum atomic E-state index is 14.6. The van der Waals surface area contributed by atoms with Gasteiger partial charge in [-0.25, -0.2) is 26.0 Å². The molecule has 2 aliphatic rings. The molecule has 52 heavy (non-hydrogen) atoms. The van der Waals surface area contributed by atoms with E-state index in [4.69, 9.17) is 14.2 Å². The Labute approximate surface area is 304 Å². The Bertz CT molecular complexity index is 2070. The van der Waals surface area contributed by atoms with Crippen molar-refractivity contribution in [3.05, 3.63) is 64.7 Å². The first-order chi connectivity index (χ1) is 24.3. The third-order valence-corrected chi connectivity index (χ3v) is 13.5. The lowest BCUT2D eigenvalue weighted by molar-refractivity contribution is -0.127. The molecule has 5 rings (SSSR count). The number of fused-ring (bicyclic) bond motifs is 1. The number of piperidine rings is 1. The van der Waals surface area contributed by atoms with Crippen molar-refractivity contribution < 1.29 is 45.3 Å². The molecule has 286 valence electrons. The molecule has 2 aromatic carbocycles. The number of nitrogens with zero attached hydrogens (tertiary/aromatic N) is 3. The number of para-hydroxylation sites is 1. The number of amides is 1. The Balaban J connectivity index is 1.28. The van der Waals surface area contributed by atoms with Gasteiger partial charge in [-0.15, -0.1) is 0 Å². The molecule has 0 saturated carbocycles. The molecule has 0 aliphatic carbocycles. The third kappa shape index (κ3) is 8.30. The van der Waals surface area contributed by atoms with E-state index in [1.807, 2.05) is 0 Å². The first-order valence-corrected chi connectivity index (χ1v) is 20.4. The highest BCUT2D eigenvalue weighted by Crippen LogP contribution is 2.41. The first kappa shape index (κ1) is 39.6. The van der Waals surface area contributed by atoms with Crippen LogP contribution in [0, 0.1) is 5.82 Å². The molecule has 1 spiro atoms. The highest BCUT2D eigenvalue weighted by atomic mass is 32.2. The number of pyridine rings is 1. The van der Waals surface area contributed by atoms with Gasteiger partial charge in [-0.2, -0.15) is 4.31 Å². The largest absolute Gasteiger partial charge is 0.491 e. The topological polar surface area (TPSA) is 162 Å². The summed E-state index contributed by atoms with van der Waals surface area (Å²) in [6, 6.07) is 10.0. The predicted octanol–water partition coefficient (Wildman–Crippen LogP) is 4.68. The lowest BCUT2D eigenvalue weighted by Crippen LogP contribution is -2.51. The van der Waals surface area contributed by atoms with Crippen molar-refractivity contribution in [1.82, 2.24) is 13.8 Å². The Morgan fingerprint density at radius 3 is 2.40 bits per heavy atom. The van der Waals surface area contributed by atoms with Crippen molar-refractivity contribution in [3.8, 4) is 5.75 Å². The van der Waals surface area contributed by atoms with Crippen molar-refractivity contribution in [2.24, 2.45) is 0 Å². The second-order valence-electron chi connectivity index (χ2n) is 14.6. The highest BCUT2D eigenvalue weighted by molar-refractivity contribution is 7.92. The van der Waals surface area contributed by atoms with Crippen LogP contribution in [0.1, 0.15) is 67.2 Å². The van der Waals surface area contributed by atoms with Gasteiger partial charge in [-0.3, -0.25) is 9.69 Å². The number of sulfone groups is 1. The lowest BCUT2D eigenvalue weighted by atomic mass is 9.89. The molecule has 2 saturated heterocycles. The normalized spacial score (nSPS) is 18.9. The van der Waals surface area contributed by atoms with Gasteiger partial charge in [0.1, 0.15) is 41.0 Å². The molecule has 2 fully saturated rings. The van der Waals surface area contributed by atoms with Gasteiger partial charge >= 0.3 is 6.09 Å². The molecular weight excluding hydrogens is 718 g/mol. The molecule has 0 unspecified atom stereocenters. The van der Waals surface area contributed by atoms with E-state index >= 15 is 0 Å². The van der Waals surface area contributed by atoms with E-state index in [1.54, 1.807) is 53.7 Å². The van der Waals surface area contributed by atoms with Crippen LogP contribution in [0.25, 0.3) is 10.9 Å². The number of aryl methyl sites for hydroxylation is 1. The van der Waals surface area contributed by atoms with Crippen LogP contribution in [-0.2, 0) is 35.9 Å². The van der Waals surface area contributed by atoms with Crippen LogP contribution in [-0.4, -0.2) is 96.8 Å². The standard InChI is InChI=1S/C36H48FN3O10S2/c1-7-38-22-30(33(42)28-12-9-13-29(37)32(28)38)52(46,47)39-18-16-36(17-19-39)15-14-31(49-36)40(34(43)50-35(4,5)6)21-25(41)23-48-26-10-8-11-27(20-26)51(44,45)24(2)3/h8-13,20,22,24-25,31,41H,7,14-19,21,23H2,1-6H3/t25-,31+/m0/s1. The second-order valence-corrected chi connectivity index (χ2v) is 19.0. The fourth-order valence-corrected chi connectivity index (χ4v) is 9.23. The second kappa shape index (κ2) is 15.0. The van der Waals surface area contributed by atoms with Crippen LogP contribution >= 0.6 is 0 Å². The molecule has 13 nitrogen and oxygen atoms in total. The van der Waals surface area contributed by atoms with Crippen LogP contribution in [0.15, 0.2) is 63.2 Å². The molecule has 2 atom stereocenters. The van der Waals surface area contributed by atoms with Gasteiger partial charge in [0.05, 0.1) is 33.2 Å². The number of aliphatic hydroxyl groups is 1. The van der Waals surface area contributed by atoms with Gasteiger partial charge in [0.15, 0.2) is 9.84 Å². The monoisotopic (exact) mass is 765 g/mol. The number of hydrogen-bond acceptors (Lipinski definition) is 10. The summed E-state index contributed by atoms with van der Waals surface area (Å²) in [5.41, 5.74) is -2.33. The Morgan fingerprint density at radius 2 is 1.77 bits per heavy atom.